The third-order valence-corrected chi connectivity index (χ3v) is 3.03. The average molecular weight is 309 g/mol. The molecule has 1 atom stereocenters. The van der Waals surface area contributed by atoms with Crippen molar-refractivity contribution in [3.63, 3.8) is 0 Å². The Kier molecular flexibility index (Phi) is 7.43. The van der Waals surface area contributed by atoms with Crippen molar-refractivity contribution in [2.24, 2.45) is 5.92 Å². The van der Waals surface area contributed by atoms with Crippen LogP contribution in [0.25, 0.3) is 0 Å². The molecule has 0 saturated heterocycles. The van der Waals surface area contributed by atoms with Gasteiger partial charge in [-0.15, -0.1) is 0 Å². The van der Waals surface area contributed by atoms with Gasteiger partial charge in [0.1, 0.15) is 4.32 Å². The highest BCUT2D eigenvalue weighted by molar-refractivity contribution is 9.10. The Labute approximate surface area is 111 Å². The van der Waals surface area contributed by atoms with Gasteiger partial charge >= 0.3 is 11.9 Å². The van der Waals surface area contributed by atoms with E-state index in [2.05, 4.69) is 15.9 Å². The summed E-state index contributed by atoms with van der Waals surface area (Å²) in [5.41, 5.74) is 0. The Hall–Kier alpha value is -0.580. The molecule has 0 spiro atoms. The highest BCUT2D eigenvalue weighted by atomic mass is 79.9. The van der Waals surface area contributed by atoms with Gasteiger partial charge in [0, 0.05) is 0 Å². The van der Waals surface area contributed by atoms with Crippen molar-refractivity contribution in [3.8, 4) is 0 Å². The van der Waals surface area contributed by atoms with Gasteiger partial charge in [0.25, 0.3) is 0 Å². The van der Waals surface area contributed by atoms with E-state index in [9.17, 15) is 9.59 Å². The Morgan fingerprint density at radius 3 is 2.12 bits per heavy atom. The summed E-state index contributed by atoms with van der Waals surface area (Å²) in [5, 5.41) is 0. The van der Waals surface area contributed by atoms with Crippen LogP contribution in [0, 0.1) is 5.92 Å². The normalized spacial score (nSPS) is 14.2. The molecule has 0 aromatic rings. The average Bonchev–Trinajstić information content (AvgIpc) is 2.16. The number of esters is 2. The fourth-order valence-electron chi connectivity index (χ4n) is 1.58. The Morgan fingerprint density at radius 1 is 1.18 bits per heavy atom. The summed E-state index contributed by atoms with van der Waals surface area (Å²) in [6.07, 6.45) is 0.530. The molecule has 100 valence electrons. The van der Waals surface area contributed by atoms with E-state index >= 15 is 0 Å². The van der Waals surface area contributed by atoms with Crippen LogP contribution in [-0.2, 0) is 19.1 Å². The SMILES string of the molecule is CCOC(=O)CC(Br)(CC(C)C)C(=O)OCC. The van der Waals surface area contributed by atoms with Crippen molar-refractivity contribution in [3.05, 3.63) is 0 Å². The van der Waals surface area contributed by atoms with Crippen molar-refractivity contribution < 1.29 is 19.1 Å². The molecule has 5 heteroatoms. The van der Waals surface area contributed by atoms with Gasteiger partial charge in [0.15, 0.2) is 0 Å². The highest BCUT2D eigenvalue weighted by Gasteiger charge is 2.40. The number of carbonyl (C=O) groups excluding carboxylic acids is 2. The summed E-state index contributed by atoms with van der Waals surface area (Å²) in [5.74, 6) is -0.520. The van der Waals surface area contributed by atoms with Gasteiger partial charge in [0.05, 0.1) is 19.6 Å². The van der Waals surface area contributed by atoms with Crippen LogP contribution in [0.4, 0.5) is 0 Å². The lowest BCUT2D eigenvalue weighted by atomic mass is 9.94. The van der Waals surface area contributed by atoms with Gasteiger partial charge in [-0.1, -0.05) is 29.8 Å². The molecule has 0 aliphatic heterocycles. The predicted octanol–water partition coefficient (Wildman–Crippen LogP) is 2.68. The molecule has 1 unspecified atom stereocenters. The standard InChI is InChI=1S/C12H21BrO4/c1-5-16-10(14)8-12(13,7-9(3)4)11(15)17-6-2/h9H,5-8H2,1-4H3. The zero-order valence-electron chi connectivity index (χ0n) is 10.9. The van der Waals surface area contributed by atoms with Crippen molar-refractivity contribution in [2.75, 3.05) is 13.2 Å². The van der Waals surface area contributed by atoms with Gasteiger partial charge in [-0.05, 0) is 26.2 Å². The monoisotopic (exact) mass is 308 g/mol. The molecule has 4 nitrogen and oxygen atoms in total. The first kappa shape index (κ1) is 16.4. The van der Waals surface area contributed by atoms with Crippen molar-refractivity contribution in [1.29, 1.82) is 0 Å². The molecule has 0 aliphatic rings. The van der Waals surface area contributed by atoms with E-state index in [1.165, 1.54) is 0 Å². The minimum Gasteiger partial charge on any atom is -0.466 e. The summed E-state index contributed by atoms with van der Waals surface area (Å²) in [6, 6.07) is 0. The smallest absolute Gasteiger partial charge is 0.323 e. The molecule has 0 rings (SSSR count). The van der Waals surface area contributed by atoms with Crippen LogP contribution >= 0.6 is 15.9 Å². The zero-order chi connectivity index (χ0) is 13.5. The molecule has 0 aromatic carbocycles. The molecule has 0 heterocycles. The lowest BCUT2D eigenvalue weighted by molar-refractivity contribution is -0.153. The largest absolute Gasteiger partial charge is 0.466 e. The second-order valence-electron chi connectivity index (χ2n) is 4.27. The summed E-state index contributed by atoms with van der Waals surface area (Å²) in [4.78, 5) is 23.4. The van der Waals surface area contributed by atoms with Crippen molar-refractivity contribution in [1.82, 2.24) is 0 Å². The molecule has 0 bridgehead atoms. The van der Waals surface area contributed by atoms with Gasteiger partial charge in [0.2, 0.25) is 0 Å². The maximum absolute atomic E-state index is 11.9. The van der Waals surface area contributed by atoms with Crippen LogP contribution in [0.3, 0.4) is 0 Å². The second kappa shape index (κ2) is 7.69. The predicted molar refractivity (Wildman–Crippen MR) is 69.0 cm³/mol. The number of carbonyl (C=O) groups is 2. The van der Waals surface area contributed by atoms with Gasteiger partial charge in [-0.25, -0.2) is 0 Å². The molecule has 0 radical (unpaired) electrons. The van der Waals surface area contributed by atoms with Crippen molar-refractivity contribution in [2.45, 2.75) is 44.9 Å². The minimum atomic E-state index is -0.969. The number of hydrogen-bond acceptors (Lipinski definition) is 4. The Morgan fingerprint density at radius 2 is 1.71 bits per heavy atom. The molecule has 0 fully saturated rings. The van der Waals surface area contributed by atoms with E-state index in [0.717, 1.165) is 0 Å². The number of alkyl halides is 1. The number of hydrogen-bond donors (Lipinski definition) is 0. The zero-order valence-corrected chi connectivity index (χ0v) is 12.5. The topological polar surface area (TPSA) is 52.6 Å². The first-order valence-electron chi connectivity index (χ1n) is 5.87. The van der Waals surface area contributed by atoms with E-state index in [4.69, 9.17) is 9.47 Å². The van der Waals surface area contributed by atoms with E-state index in [0.29, 0.717) is 19.6 Å². The molecule has 17 heavy (non-hydrogen) atoms. The third kappa shape index (κ3) is 6.05. The van der Waals surface area contributed by atoms with Crippen LogP contribution in [0.2, 0.25) is 0 Å². The van der Waals surface area contributed by atoms with E-state index in [1.54, 1.807) is 13.8 Å². The summed E-state index contributed by atoms with van der Waals surface area (Å²) >= 11 is 3.35. The lowest BCUT2D eigenvalue weighted by Crippen LogP contribution is -2.38. The van der Waals surface area contributed by atoms with Crippen molar-refractivity contribution >= 4 is 27.9 Å². The van der Waals surface area contributed by atoms with Crippen LogP contribution in [0.15, 0.2) is 0 Å². The molecule has 0 amide bonds. The number of rotatable bonds is 7. The second-order valence-corrected chi connectivity index (χ2v) is 5.78. The summed E-state index contributed by atoms with van der Waals surface area (Å²) < 4.78 is 8.90. The summed E-state index contributed by atoms with van der Waals surface area (Å²) in [6.45, 7) is 8.06. The highest BCUT2D eigenvalue weighted by Crippen LogP contribution is 2.32. The van der Waals surface area contributed by atoms with Gasteiger partial charge in [-0.3, -0.25) is 9.59 Å². The molecule has 0 N–H and O–H groups in total. The first-order chi connectivity index (χ1) is 7.85. The number of ether oxygens (including phenoxy) is 2. The molecular weight excluding hydrogens is 288 g/mol. The summed E-state index contributed by atoms with van der Waals surface area (Å²) in [7, 11) is 0. The maximum atomic E-state index is 11.9. The lowest BCUT2D eigenvalue weighted by Gasteiger charge is -2.25. The van der Waals surface area contributed by atoms with Crippen LogP contribution in [-0.4, -0.2) is 29.5 Å². The Bertz CT molecular complexity index is 265. The molecular formula is C12H21BrO4. The molecule has 0 aliphatic carbocycles. The van der Waals surface area contributed by atoms with E-state index in [-0.39, 0.29) is 12.3 Å². The van der Waals surface area contributed by atoms with Crippen LogP contribution in [0.1, 0.15) is 40.5 Å². The molecule has 0 saturated carbocycles. The molecule has 0 aromatic heterocycles. The quantitative estimate of drug-likeness (QED) is 0.536. The minimum absolute atomic E-state index is 0.00213. The van der Waals surface area contributed by atoms with Crippen LogP contribution < -0.4 is 0 Å². The fourth-order valence-corrected chi connectivity index (χ4v) is 2.57. The van der Waals surface area contributed by atoms with Gasteiger partial charge < -0.3 is 9.47 Å². The third-order valence-electron chi connectivity index (χ3n) is 2.10. The van der Waals surface area contributed by atoms with E-state index in [1.807, 2.05) is 13.8 Å². The fraction of sp³-hybridized carbons (Fsp3) is 0.833. The Balaban J connectivity index is 4.71. The first-order valence-corrected chi connectivity index (χ1v) is 6.66. The maximum Gasteiger partial charge on any atom is 0.323 e. The van der Waals surface area contributed by atoms with Gasteiger partial charge in [-0.2, -0.15) is 0 Å². The number of halogens is 1. The van der Waals surface area contributed by atoms with E-state index < -0.39 is 16.3 Å². The van der Waals surface area contributed by atoms with Crippen LogP contribution in [0.5, 0.6) is 0 Å².